The van der Waals surface area contributed by atoms with Crippen molar-refractivity contribution in [3.8, 4) is 11.3 Å². The van der Waals surface area contributed by atoms with Gasteiger partial charge in [-0.1, -0.05) is 54.2 Å². The zero-order chi connectivity index (χ0) is 20.2. The smallest absolute Gasteiger partial charge is 0.234 e. The number of nitrogens with zero attached hydrogens (tertiary/aromatic N) is 4. The molecule has 0 bridgehead atoms. The molecule has 0 unspecified atom stereocenters. The van der Waals surface area contributed by atoms with E-state index >= 15 is 0 Å². The summed E-state index contributed by atoms with van der Waals surface area (Å²) in [5.74, 6) is -0.111. The van der Waals surface area contributed by atoms with Crippen LogP contribution in [0.2, 0.25) is 0 Å². The number of hydrogen-bond acceptors (Lipinski definition) is 6. The zero-order valence-electron chi connectivity index (χ0n) is 15.6. The van der Waals surface area contributed by atoms with Gasteiger partial charge in [0, 0.05) is 16.8 Å². The van der Waals surface area contributed by atoms with Crippen LogP contribution in [0.1, 0.15) is 17.3 Å². The van der Waals surface area contributed by atoms with Crippen LogP contribution in [0, 0.1) is 0 Å². The molecule has 0 aliphatic heterocycles. The third-order valence-corrected chi connectivity index (χ3v) is 5.11. The Balaban J connectivity index is 1.47. The van der Waals surface area contributed by atoms with Crippen molar-refractivity contribution in [1.29, 1.82) is 0 Å². The van der Waals surface area contributed by atoms with Gasteiger partial charge >= 0.3 is 0 Å². The Kier molecular flexibility index (Phi) is 5.35. The highest BCUT2D eigenvalue weighted by atomic mass is 32.2. The lowest BCUT2D eigenvalue weighted by atomic mass is 10.1. The molecule has 4 aromatic rings. The van der Waals surface area contributed by atoms with Crippen molar-refractivity contribution in [3.05, 3.63) is 72.3 Å². The second-order valence-electron chi connectivity index (χ2n) is 6.31. The number of anilines is 1. The molecule has 1 amide bonds. The number of benzene rings is 2. The quantitative estimate of drug-likeness (QED) is 0.390. The number of carbonyl (C=O) groups is 2. The van der Waals surface area contributed by atoms with E-state index in [0.29, 0.717) is 22.1 Å². The Morgan fingerprint density at radius 1 is 1.00 bits per heavy atom. The molecule has 1 N–H and O–H groups in total. The standard InChI is InChI=1S/C21H17N5O2S/c1-14(27)16-8-5-9-17(12-16)22-20(28)13-29-21-24-23-19-11-10-18(25-26(19)21)15-6-3-2-4-7-15/h2-12H,13H2,1H3,(H,22,28). The van der Waals surface area contributed by atoms with Gasteiger partial charge in [0.25, 0.3) is 0 Å². The van der Waals surface area contributed by atoms with Crippen molar-refractivity contribution in [3.63, 3.8) is 0 Å². The molecule has 0 fully saturated rings. The second kappa shape index (κ2) is 8.24. The minimum atomic E-state index is -0.202. The number of carbonyl (C=O) groups excluding carboxylic acids is 2. The number of aromatic nitrogens is 4. The average Bonchev–Trinajstić information content (AvgIpc) is 3.15. The summed E-state index contributed by atoms with van der Waals surface area (Å²) in [6.07, 6.45) is 0. The summed E-state index contributed by atoms with van der Waals surface area (Å²) in [5.41, 5.74) is 3.53. The summed E-state index contributed by atoms with van der Waals surface area (Å²) in [4.78, 5) is 23.8. The second-order valence-corrected chi connectivity index (χ2v) is 7.25. The SMILES string of the molecule is CC(=O)c1cccc(NC(=O)CSc2nnc3ccc(-c4ccccc4)nn23)c1. The number of hydrogen-bond donors (Lipinski definition) is 1. The molecule has 0 saturated carbocycles. The van der Waals surface area contributed by atoms with Crippen LogP contribution in [0.15, 0.2) is 71.9 Å². The third kappa shape index (κ3) is 4.33. The van der Waals surface area contributed by atoms with Gasteiger partial charge in [0.2, 0.25) is 11.1 Å². The lowest BCUT2D eigenvalue weighted by Crippen LogP contribution is -2.14. The van der Waals surface area contributed by atoms with Gasteiger partial charge in [-0.05, 0) is 31.2 Å². The predicted molar refractivity (Wildman–Crippen MR) is 112 cm³/mol. The van der Waals surface area contributed by atoms with Crippen molar-refractivity contribution in [2.75, 3.05) is 11.1 Å². The normalized spacial score (nSPS) is 10.8. The summed E-state index contributed by atoms with van der Waals surface area (Å²) < 4.78 is 1.64. The zero-order valence-corrected chi connectivity index (χ0v) is 16.4. The summed E-state index contributed by atoms with van der Waals surface area (Å²) in [7, 11) is 0. The third-order valence-electron chi connectivity index (χ3n) is 4.19. The van der Waals surface area contributed by atoms with E-state index in [-0.39, 0.29) is 17.4 Å². The maximum atomic E-state index is 12.3. The molecule has 0 aliphatic carbocycles. The minimum Gasteiger partial charge on any atom is -0.325 e. The highest BCUT2D eigenvalue weighted by Gasteiger charge is 2.12. The summed E-state index contributed by atoms with van der Waals surface area (Å²) in [5, 5.41) is 16.2. The Hall–Kier alpha value is -3.52. The van der Waals surface area contributed by atoms with E-state index in [1.165, 1.54) is 18.7 Å². The van der Waals surface area contributed by atoms with Crippen LogP contribution >= 0.6 is 11.8 Å². The fraction of sp³-hybridized carbons (Fsp3) is 0.0952. The largest absolute Gasteiger partial charge is 0.325 e. The lowest BCUT2D eigenvalue weighted by Gasteiger charge is -2.06. The van der Waals surface area contributed by atoms with Gasteiger partial charge in [-0.2, -0.15) is 9.61 Å². The highest BCUT2D eigenvalue weighted by Crippen LogP contribution is 2.21. The molecule has 4 rings (SSSR count). The van der Waals surface area contributed by atoms with Gasteiger partial charge in [0.1, 0.15) is 0 Å². The van der Waals surface area contributed by atoms with Crippen LogP contribution in [-0.2, 0) is 4.79 Å². The highest BCUT2D eigenvalue weighted by molar-refractivity contribution is 7.99. The Morgan fingerprint density at radius 2 is 1.83 bits per heavy atom. The first kappa shape index (κ1) is 18.8. The summed E-state index contributed by atoms with van der Waals surface area (Å²) in [6, 6.07) is 20.4. The Bertz CT molecular complexity index is 1190. The van der Waals surface area contributed by atoms with Crippen LogP contribution in [0.5, 0.6) is 0 Å². The molecule has 0 atom stereocenters. The van der Waals surface area contributed by atoms with E-state index in [4.69, 9.17) is 0 Å². The first-order chi connectivity index (χ1) is 14.1. The fourth-order valence-corrected chi connectivity index (χ4v) is 3.45. The summed E-state index contributed by atoms with van der Waals surface area (Å²) in [6.45, 7) is 1.49. The number of ketones is 1. The van der Waals surface area contributed by atoms with Crippen LogP contribution in [-0.4, -0.2) is 37.3 Å². The van der Waals surface area contributed by atoms with Crippen molar-refractivity contribution in [1.82, 2.24) is 19.8 Å². The monoisotopic (exact) mass is 403 g/mol. The van der Waals surface area contributed by atoms with Crippen LogP contribution in [0.25, 0.3) is 16.9 Å². The number of fused-ring (bicyclic) bond motifs is 1. The number of Topliss-reactive ketones (excluding diaryl/α,β-unsaturated/α-hetero) is 1. The number of amides is 1. The number of thioether (sulfide) groups is 1. The first-order valence-electron chi connectivity index (χ1n) is 8.92. The van der Waals surface area contributed by atoms with Crippen LogP contribution in [0.4, 0.5) is 5.69 Å². The van der Waals surface area contributed by atoms with Gasteiger partial charge in [0.05, 0.1) is 11.4 Å². The predicted octanol–water partition coefficient (Wildman–Crippen LogP) is 3.72. The van der Waals surface area contributed by atoms with Crippen molar-refractivity contribution in [2.45, 2.75) is 12.1 Å². The molecule has 144 valence electrons. The van der Waals surface area contributed by atoms with E-state index in [0.717, 1.165) is 11.3 Å². The minimum absolute atomic E-state index is 0.0503. The van der Waals surface area contributed by atoms with E-state index < -0.39 is 0 Å². The molecule has 29 heavy (non-hydrogen) atoms. The van der Waals surface area contributed by atoms with E-state index in [1.807, 2.05) is 42.5 Å². The molecular formula is C21H17N5O2S. The van der Waals surface area contributed by atoms with Crippen molar-refractivity contribution >= 4 is 34.8 Å². The molecule has 2 aromatic heterocycles. The maximum absolute atomic E-state index is 12.3. The average molecular weight is 403 g/mol. The molecule has 2 aromatic carbocycles. The van der Waals surface area contributed by atoms with E-state index in [9.17, 15) is 9.59 Å². The molecule has 0 radical (unpaired) electrons. The van der Waals surface area contributed by atoms with Gasteiger partial charge in [-0.15, -0.1) is 10.2 Å². The topological polar surface area (TPSA) is 89.2 Å². The Morgan fingerprint density at radius 3 is 2.62 bits per heavy atom. The van der Waals surface area contributed by atoms with Crippen LogP contribution in [0.3, 0.4) is 0 Å². The van der Waals surface area contributed by atoms with Gasteiger partial charge < -0.3 is 5.32 Å². The molecule has 0 aliphatic rings. The van der Waals surface area contributed by atoms with Gasteiger partial charge in [0.15, 0.2) is 11.4 Å². The first-order valence-corrected chi connectivity index (χ1v) is 9.90. The molecule has 2 heterocycles. The molecule has 0 saturated heterocycles. The molecule has 0 spiro atoms. The van der Waals surface area contributed by atoms with Crippen LogP contribution < -0.4 is 5.32 Å². The van der Waals surface area contributed by atoms with E-state index in [2.05, 4.69) is 20.6 Å². The summed E-state index contributed by atoms with van der Waals surface area (Å²) >= 11 is 1.25. The number of rotatable bonds is 6. The van der Waals surface area contributed by atoms with Crippen molar-refractivity contribution < 1.29 is 9.59 Å². The maximum Gasteiger partial charge on any atom is 0.234 e. The molecule has 8 heteroatoms. The fourth-order valence-electron chi connectivity index (χ4n) is 2.77. The van der Waals surface area contributed by atoms with Gasteiger partial charge in [-0.3, -0.25) is 9.59 Å². The molecular weight excluding hydrogens is 386 g/mol. The van der Waals surface area contributed by atoms with Gasteiger partial charge in [-0.25, -0.2) is 0 Å². The lowest BCUT2D eigenvalue weighted by molar-refractivity contribution is -0.113. The molecule has 7 nitrogen and oxygen atoms in total. The van der Waals surface area contributed by atoms with Crippen molar-refractivity contribution in [2.24, 2.45) is 0 Å². The van der Waals surface area contributed by atoms with E-state index in [1.54, 1.807) is 28.8 Å². The number of nitrogens with one attached hydrogen (secondary N) is 1. The Labute approximate surface area is 171 Å².